The zero-order valence-electron chi connectivity index (χ0n) is 11.7. The van der Waals surface area contributed by atoms with Crippen LogP contribution < -0.4 is 5.32 Å². The fourth-order valence-corrected chi connectivity index (χ4v) is 2.47. The van der Waals surface area contributed by atoms with Crippen LogP contribution in [0.5, 0.6) is 0 Å². The standard InChI is InChI=1S/C16H17BrF2N2/c1-2-20-14(9-13-5-4-12(17)10-21-13)7-11-3-6-15(18)16(19)8-11/h3-6,8,10,14,20H,2,7,9H2,1H3. The minimum absolute atomic E-state index is 0.133. The van der Waals surface area contributed by atoms with Crippen LogP contribution in [0.15, 0.2) is 41.0 Å². The Morgan fingerprint density at radius 3 is 2.57 bits per heavy atom. The number of aromatic nitrogens is 1. The highest BCUT2D eigenvalue weighted by molar-refractivity contribution is 9.10. The lowest BCUT2D eigenvalue weighted by Gasteiger charge is -2.18. The highest BCUT2D eigenvalue weighted by atomic mass is 79.9. The zero-order valence-corrected chi connectivity index (χ0v) is 13.3. The van der Waals surface area contributed by atoms with Gasteiger partial charge in [-0.25, -0.2) is 8.78 Å². The van der Waals surface area contributed by atoms with E-state index in [1.165, 1.54) is 12.1 Å². The minimum Gasteiger partial charge on any atom is -0.314 e. The molecule has 1 atom stereocenters. The molecule has 1 aromatic carbocycles. The molecule has 0 bridgehead atoms. The number of halogens is 3. The van der Waals surface area contributed by atoms with E-state index in [1.54, 1.807) is 12.3 Å². The van der Waals surface area contributed by atoms with Crippen LogP contribution in [0.25, 0.3) is 0 Å². The second-order valence-electron chi connectivity index (χ2n) is 4.88. The smallest absolute Gasteiger partial charge is 0.159 e. The molecule has 1 unspecified atom stereocenters. The zero-order chi connectivity index (χ0) is 15.2. The Hall–Kier alpha value is -1.33. The molecular formula is C16H17BrF2N2. The van der Waals surface area contributed by atoms with E-state index in [-0.39, 0.29) is 6.04 Å². The van der Waals surface area contributed by atoms with Crippen LogP contribution in [0, 0.1) is 11.6 Å². The number of nitrogens with zero attached hydrogens (tertiary/aromatic N) is 1. The Morgan fingerprint density at radius 1 is 1.14 bits per heavy atom. The van der Waals surface area contributed by atoms with Crippen molar-refractivity contribution >= 4 is 15.9 Å². The molecule has 1 heterocycles. The second kappa shape index (κ2) is 7.61. The van der Waals surface area contributed by atoms with Gasteiger partial charge in [0.15, 0.2) is 11.6 Å². The maximum Gasteiger partial charge on any atom is 0.159 e. The van der Waals surface area contributed by atoms with Crippen molar-refractivity contribution in [1.82, 2.24) is 10.3 Å². The van der Waals surface area contributed by atoms with Gasteiger partial charge < -0.3 is 5.32 Å². The third-order valence-corrected chi connectivity index (χ3v) is 3.67. The number of hydrogen-bond donors (Lipinski definition) is 1. The van der Waals surface area contributed by atoms with Gasteiger partial charge in [0.05, 0.1) is 0 Å². The van der Waals surface area contributed by atoms with Gasteiger partial charge in [0.2, 0.25) is 0 Å². The number of hydrogen-bond acceptors (Lipinski definition) is 2. The molecule has 0 aliphatic rings. The molecule has 0 fully saturated rings. The predicted molar refractivity (Wildman–Crippen MR) is 83.2 cm³/mol. The van der Waals surface area contributed by atoms with Gasteiger partial charge in [-0.3, -0.25) is 4.98 Å². The molecule has 0 radical (unpaired) electrons. The Morgan fingerprint density at radius 2 is 1.95 bits per heavy atom. The van der Waals surface area contributed by atoms with E-state index in [9.17, 15) is 8.78 Å². The molecule has 1 N–H and O–H groups in total. The lowest BCUT2D eigenvalue weighted by Crippen LogP contribution is -2.33. The van der Waals surface area contributed by atoms with Gasteiger partial charge >= 0.3 is 0 Å². The van der Waals surface area contributed by atoms with Crippen molar-refractivity contribution < 1.29 is 8.78 Å². The van der Waals surface area contributed by atoms with Gasteiger partial charge in [-0.2, -0.15) is 0 Å². The lowest BCUT2D eigenvalue weighted by atomic mass is 10.0. The molecule has 2 nitrogen and oxygen atoms in total. The minimum atomic E-state index is -0.812. The largest absolute Gasteiger partial charge is 0.314 e. The van der Waals surface area contributed by atoms with Gasteiger partial charge in [-0.15, -0.1) is 0 Å². The maximum absolute atomic E-state index is 13.3. The Labute approximate surface area is 131 Å². The molecule has 5 heteroatoms. The normalized spacial score (nSPS) is 12.4. The first kappa shape index (κ1) is 16.0. The van der Waals surface area contributed by atoms with Crippen LogP contribution in [0.1, 0.15) is 18.2 Å². The second-order valence-corrected chi connectivity index (χ2v) is 5.79. The van der Waals surface area contributed by atoms with Gasteiger partial charge in [0, 0.05) is 28.8 Å². The monoisotopic (exact) mass is 354 g/mol. The van der Waals surface area contributed by atoms with Crippen molar-refractivity contribution in [3.05, 3.63) is 63.9 Å². The van der Waals surface area contributed by atoms with E-state index >= 15 is 0 Å². The third-order valence-electron chi connectivity index (χ3n) is 3.20. The molecular weight excluding hydrogens is 338 g/mol. The average molecular weight is 355 g/mol. The van der Waals surface area contributed by atoms with E-state index in [0.717, 1.165) is 28.7 Å². The van der Waals surface area contributed by atoms with Crippen molar-refractivity contribution in [2.24, 2.45) is 0 Å². The van der Waals surface area contributed by atoms with Gasteiger partial charge in [0.1, 0.15) is 0 Å². The summed E-state index contributed by atoms with van der Waals surface area (Å²) in [5, 5.41) is 3.36. The van der Waals surface area contributed by atoms with Crippen molar-refractivity contribution in [2.45, 2.75) is 25.8 Å². The molecule has 0 amide bonds. The van der Waals surface area contributed by atoms with Crippen LogP contribution in [0.4, 0.5) is 8.78 Å². The third kappa shape index (κ3) is 4.86. The highest BCUT2D eigenvalue weighted by Gasteiger charge is 2.12. The molecule has 0 saturated carbocycles. The van der Waals surface area contributed by atoms with Crippen LogP contribution in [0.2, 0.25) is 0 Å². The van der Waals surface area contributed by atoms with E-state index in [1.807, 2.05) is 19.1 Å². The van der Waals surface area contributed by atoms with Crippen LogP contribution in [0.3, 0.4) is 0 Å². The molecule has 0 saturated heterocycles. The van der Waals surface area contributed by atoms with Crippen molar-refractivity contribution in [2.75, 3.05) is 6.54 Å². The molecule has 1 aromatic heterocycles. The molecule has 2 aromatic rings. The summed E-state index contributed by atoms with van der Waals surface area (Å²) in [4.78, 5) is 4.35. The average Bonchev–Trinajstić information content (AvgIpc) is 2.46. The Kier molecular flexibility index (Phi) is 5.82. The first-order valence-electron chi connectivity index (χ1n) is 6.86. The first-order chi connectivity index (χ1) is 10.1. The predicted octanol–water partition coefficient (Wildman–Crippen LogP) is 3.89. The molecule has 112 valence electrons. The van der Waals surface area contributed by atoms with Crippen molar-refractivity contribution in [1.29, 1.82) is 0 Å². The summed E-state index contributed by atoms with van der Waals surface area (Å²) in [6.45, 7) is 2.83. The summed E-state index contributed by atoms with van der Waals surface area (Å²) in [6, 6.07) is 8.09. The highest BCUT2D eigenvalue weighted by Crippen LogP contribution is 2.13. The lowest BCUT2D eigenvalue weighted by molar-refractivity contribution is 0.496. The topological polar surface area (TPSA) is 24.9 Å². The molecule has 2 rings (SSSR count). The Bertz CT molecular complexity index is 587. The fraction of sp³-hybridized carbons (Fsp3) is 0.312. The number of likely N-dealkylation sites (N-methyl/N-ethyl adjacent to an activating group) is 1. The van der Waals surface area contributed by atoms with Crippen LogP contribution in [-0.2, 0) is 12.8 Å². The van der Waals surface area contributed by atoms with Crippen molar-refractivity contribution in [3.8, 4) is 0 Å². The van der Waals surface area contributed by atoms with Gasteiger partial charge in [-0.05, 0) is 58.7 Å². The SMILES string of the molecule is CCNC(Cc1ccc(F)c(F)c1)Cc1ccc(Br)cn1. The summed E-state index contributed by atoms with van der Waals surface area (Å²) >= 11 is 3.36. The summed E-state index contributed by atoms with van der Waals surface area (Å²) in [5.41, 5.74) is 1.74. The van der Waals surface area contributed by atoms with Crippen molar-refractivity contribution in [3.63, 3.8) is 0 Å². The van der Waals surface area contributed by atoms with Gasteiger partial charge in [-0.1, -0.05) is 13.0 Å². The van der Waals surface area contributed by atoms with E-state index in [4.69, 9.17) is 0 Å². The number of benzene rings is 1. The van der Waals surface area contributed by atoms with Crippen LogP contribution in [-0.4, -0.2) is 17.6 Å². The number of nitrogens with one attached hydrogen (secondary N) is 1. The van der Waals surface area contributed by atoms with E-state index in [2.05, 4.69) is 26.2 Å². The summed E-state index contributed by atoms with van der Waals surface area (Å²) in [5.74, 6) is -1.61. The Balaban J connectivity index is 2.07. The molecule has 0 aliphatic carbocycles. The van der Waals surface area contributed by atoms with E-state index in [0.29, 0.717) is 6.42 Å². The number of pyridine rings is 1. The maximum atomic E-state index is 13.3. The van der Waals surface area contributed by atoms with Gasteiger partial charge in [0.25, 0.3) is 0 Å². The quantitative estimate of drug-likeness (QED) is 0.851. The molecule has 0 spiro atoms. The molecule has 0 aliphatic heterocycles. The molecule has 21 heavy (non-hydrogen) atoms. The van der Waals surface area contributed by atoms with E-state index < -0.39 is 11.6 Å². The summed E-state index contributed by atoms with van der Waals surface area (Å²) < 4.78 is 27.2. The summed E-state index contributed by atoms with van der Waals surface area (Å²) in [6.07, 6.45) is 3.12. The number of rotatable bonds is 6. The fourth-order valence-electron chi connectivity index (χ4n) is 2.24. The van der Waals surface area contributed by atoms with Crippen LogP contribution >= 0.6 is 15.9 Å². The summed E-state index contributed by atoms with van der Waals surface area (Å²) in [7, 11) is 0. The first-order valence-corrected chi connectivity index (χ1v) is 7.65.